The van der Waals surface area contributed by atoms with Crippen LogP contribution in [0.15, 0.2) is 30.3 Å². The maximum Gasteiger partial charge on any atom is 0.315 e. The molecule has 1 aliphatic heterocycles. The molecule has 0 saturated carbocycles. The third-order valence-electron chi connectivity index (χ3n) is 3.46. The number of carbonyl (C=O) groups excluding carboxylic acids is 1. The van der Waals surface area contributed by atoms with Crippen molar-refractivity contribution in [3.8, 4) is 0 Å². The summed E-state index contributed by atoms with van der Waals surface area (Å²) in [6.07, 6.45) is 0.793. The second-order valence-electron chi connectivity index (χ2n) is 5.15. The Morgan fingerprint density at radius 3 is 2.71 bits per heavy atom. The van der Waals surface area contributed by atoms with Crippen molar-refractivity contribution in [3.63, 3.8) is 0 Å². The van der Waals surface area contributed by atoms with Gasteiger partial charge in [-0.3, -0.25) is 4.79 Å². The first-order chi connectivity index (χ1) is 10.1. The van der Waals surface area contributed by atoms with Gasteiger partial charge in [0.2, 0.25) is 0 Å². The highest BCUT2D eigenvalue weighted by Gasteiger charge is 2.20. The van der Waals surface area contributed by atoms with E-state index in [4.69, 9.17) is 9.84 Å². The molecule has 21 heavy (non-hydrogen) atoms. The van der Waals surface area contributed by atoms with Crippen LogP contribution in [-0.2, 0) is 9.53 Å². The Balaban J connectivity index is 1.88. The first-order valence-electron chi connectivity index (χ1n) is 7.04. The minimum atomic E-state index is -0.951. The van der Waals surface area contributed by atoms with Crippen LogP contribution in [-0.4, -0.2) is 36.9 Å². The van der Waals surface area contributed by atoms with Gasteiger partial charge in [-0.25, -0.2) is 4.79 Å². The van der Waals surface area contributed by atoms with Crippen molar-refractivity contribution < 1.29 is 19.4 Å². The fourth-order valence-corrected chi connectivity index (χ4v) is 2.30. The van der Waals surface area contributed by atoms with E-state index in [2.05, 4.69) is 10.6 Å². The van der Waals surface area contributed by atoms with Crippen LogP contribution in [0.5, 0.6) is 0 Å². The van der Waals surface area contributed by atoms with Crippen LogP contribution in [0.1, 0.15) is 24.4 Å². The molecular formula is C15H20N2O4. The second kappa shape index (κ2) is 7.64. The van der Waals surface area contributed by atoms with E-state index in [0.29, 0.717) is 19.1 Å². The number of ether oxygens (including phenoxy) is 1. The Bertz CT molecular complexity index is 472. The van der Waals surface area contributed by atoms with Gasteiger partial charge in [0.05, 0.1) is 19.1 Å². The standard InChI is InChI=1S/C15H20N2O4/c18-14(19)8-13(12-4-2-1-3-5-12)17-15(20)16-9-11-6-7-21-10-11/h1-5,11,13H,6-10H2,(H,18,19)(H2,16,17,20). The summed E-state index contributed by atoms with van der Waals surface area (Å²) in [4.78, 5) is 22.9. The third-order valence-corrected chi connectivity index (χ3v) is 3.46. The number of hydrogen-bond acceptors (Lipinski definition) is 3. The molecule has 114 valence electrons. The Labute approximate surface area is 123 Å². The van der Waals surface area contributed by atoms with Crippen molar-refractivity contribution >= 4 is 12.0 Å². The van der Waals surface area contributed by atoms with Crippen LogP contribution in [0.3, 0.4) is 0 Å². The molecule has 2 atom stereocenters. The largest absolute Gasteiger partial charge is 0.481 e. The van der Waals surface area contributed by atoms with Crippen molar-refractivity contribution in [2.75, 3.05) is 19.8 Å². The zero-order chi connectivity index (χ0) is 15.1. The molecule has 1 aliphatic rings. The number of nitrogens with one attached hydrogen (secondary N) is 2. The average molecular weight is 292 g/mol. The van der Waals surface area contributed by atoms with Gasteiger partial charge in [-0.15, -0.1) is 0 Å². The number of carbonyl (C=O) groups is 2. The lowest BCUT2D eigenvalue weighted by atomic mass is 10.0. The number of rotatable bonds is 6. The molecule has 0 spiro atoms. The van der Waals surface area contributed by atoms with E-state index < -0.39 is 12.0 Å². The maximum absolute atomic E-state index is 11.9. The van der Waals surface area contributed by atoms with E-state index in [9.17, 15) is 9.59 Å². The molecule has 3 N–H and O–H groups in total. The first kappa shape index (κ1) is 15.3. The topological polar surface area (TPSA) is 87.7 Å². The van der Waals surface area contributed by atoms with Crippen LogP contribution < -0.4 is 10.6 Å². The van der Waals surface area contributed by atoms with Crippen molar-refractivity contribution in [2.24, 2.45) is 5.92 Å². The predicted molar refractivity (Wildman–Crippen MR) is 76.9 cm³/mol. The summed E-state index contributed by atoms with van der Waals surface area (Å²) in [6, 6.07) is 8.21. The predicted octanol–water partition coefficient (Wildman–Crippen LogP) is 1.54. The number of aliphatic carboxylic acids is 1. The third kappa shape index (κ3) is 5.07. The van der Waals surface area contributed by atoms with Gasteiger partial charge in [0.25, 0.3) is 0 Å². The average Bonchev–Trinajstić information content (AvgIpc) is 2.98. The van der Waals surface area contributed by atoms with Crippen LogP contribution in [0.25, 0.3) is 0 Å². The molecule has 1 heterocycles. The fourth-order valence-electron chi connectivity index (χ4n) is 2.30. The molecule has 6 nitrogen and oxygen atoms in total. The molecule has 2 amide bonds. The maximum atomic E-state index is 11.9. The molecule has 0 aromatic heterocycles. The molecule has 2 unspecified atom stereocenters. The van der Waals surface area contributed by atoms with Crippen LogP contribution in [0.4, 0.5) is 4.79 Å². The Hall–Kier alpha value is -2.08. The van der Waals surface area contributed by atoms with Crippen LogP contribution >= 0.6 is 0 Å². The minimum Gasteiger partial charge on any atom is -0.481 e. The zero-order valence-corrected chi connectivity index (χ0v) is 11.7. The monoisotopic (exact) mass is 292 g/mol. The Morgan fingerprint density at radius 2 is 2.10 bits per heavy atom. The molecule has 1 aromatic carbocycles. The van der Waals surface area contributed by atoms with Gasteiger partial charge in [-0.05, 0) is 12.0 Å². The second-order valence-corrected chi connectivity index (χ2v) is 5.15. The highest BCUT2D eigenvalue weighted by Crippen LogP contribution is 2.16. The SMILES string of the molecule is O=C(O)CC(NC(=O)NCC1CCOC1)c1ccccc1. The number of hydrogen-bond donors (Lipinski definition) is 3. The highest BCUT2D eigenvalue weighted by atomic mass is 16.5. The number of benzene rings is 1. The molecule has 2 rings (SSSR count). The van der Waals surface area contributed by atoms with Crippen molar-refractivity contribution in [2.45, 2.75) is 18.9 Å². The van der Waals surface area contributed by atoms with Crippen molar-refractivity contribution in [1.29, 1.82) is 0 Å². The lowest BCUT2D eigenvalue weighted by Crippen LogP contribution is -2.40. The number of amides is 2. The molecule has 0 radical (unpaired) electrons. The minimum absolute atomic E-state index is 0.149. The van der Waals surface area contributed by atoms with E-state index in [0.717, 1.165) is 18.6 Å². The van der Waals surface area contributed by atoms with Gasteiger partial charge in [0, 0.05) is 19.1 Å². The van der Waals surface area contributed by atoms with Crippen LogP contribution in [0.2, 0.25) is 0 Å². The lowest BCUT2D eigenvalue weighted by molar-refractivity contribution is -0.137. The Kier molecular flexibility index (Phi) is 5.57. The van der Waals surface area contributed by atoms with Crippen LogP contribution in [0, 0.1) is 5.92 Å². The number of carboxylic acid groups (broad SMARTS) is 1. The smallest absolute Gasteiger partial charge is 0.315 e. The van der Waals surface area contributed by atoms with Crippen molar-refractivity contribution in [3.05, 3.63) is 35.9 Å². The van der Waals surface area contributed by atoms with E-state index in [1.807, 2.05) is 18.2 Å². The lowest BCUT2D eigenvalue weighted by Gasteiger charge is -2.18. The summed E-state index contributed by atoms with van der Waals surface area (Å²) in [6.45, 7) is 1.94. The van der Waals surface area contributed by atoms with E-state index in [1.165, 1.54) is 0 Å². The summed E-state index contributed by atoms with van der Waals surface area (Å²) >= 11 is 0. The summed E-state index contributed by atoms with van der Waals surface area (Å²) in [5, 5.41) is 14.5. The summed E-state index contributed by atoms with van der Waals surface area (Å²) in [5.74, 6) is -0.612. The number of urea groups is 1. The van der Waals surface area contributed by atoms with Gasteiger partial charge in [-0.1, -0.05) is 30.3 Å². The quantitative estimate of drug-likeness (QED) is 0.742. The molecule has 1 aromatic rings. The highest BCUT2D eigenvalue weighted by molar-refractivity contribution is 5.76. The molecule has 6 heteroatoms. The van der Waals surface area contributed by atoms with E-state index in [-0.39, 0.29) is 12.5 Å². The number of carboxylic acids is 1. The summed E-state index contributed by atoms with van der Waals surface area (Å²) in [5.41, 5.74) is 0.777. The van der Waals surface area contributed by atoms with Gasteiger partial charge in [0.15, 0.2) is 0 Å². The first-order valence-corrected chi connectivity index (χ1v) is 7.04. The van der Waals surface area contributed by atoms with Gasteiger partial charge in [0.1, 0.15) is 0 Å². The normalized spacial score (nSPS) is 19.0. The van der Waals surface area contributed by atoms with E-state index >= 15 is 0 Å². The zero-order valence-electron chi connectivity index (χ0n) is 11.7. The van der Waals surface area contributed by atoms with Gasteiger partial charge >= 0.3 is 12.0 Å². The van der Waals surface area contributed by atoms with E-state index in [1.54, 1.807) is 12.1 Å². The fraction of sp³-hybridized carbons (Fsp3) is 0.467. The summed E-state index contributed by atoms with van der Waals surface area (Å²) < 4.78 is 5.24. The van der Waals surface area contributed by atoms with Crippen molar-refractivity contribution in [1.82, 2.24) is 10.6 Å². The molecule has 0 bridgehead atoms. The summed E-state index contributed by atoms with van der Waals surface area (Å²) in [7, 11) is 0. The molecular weight excluding hydrogens is 272 g/mol. The molecule has 1 fully saturated rings. The Morgan fingerprint density at radius 1 is 1.33 bits per heavy atom. The van der Waals surface area contributed by atoms with Gasteiger partial charge in [-0.2, -0.15) is 0 Å². The molecule has 0 aliphatic carbocycles. The molecule has 1 saturated heterocycles. The van der Waals surface area contributed by atoms with Gasteiger partial charge < -0.3 is 20.5 Å².